The van der Waals surface area contributed by atoms with E-state index in [0.29, 0.717) is 0 Å². The van der Waals surface area contributed by atoms with Gasteiger partial charge in [0.2, 0.25) is 0 Å². The first-order valence-corrected chi connectivity index (χ1v) is 5.69. The monoisotopic (exact) mass is 304 g/mol. The normalized spacial score (nSPS) is 12.2. The van der Waals surface area contributed by atoms with Gasteiger partial charge in [0.05, 0.1) is 16.3 Å². The molecule has 0 spiro atoms. The molecule has 0 aliphatic heterocycles. The summed E-state index contributed by atoms with van der Waals surface area (Å²) in [6.45, 7) is 0. The topological polar surface area (TPSA) is 38.4 Å². The molecular formula is C9H9Cl2F3N2S. The molecule has 17 heavy (non-hydrogen) atoms. The Morgan fingerprint density at radius 3 is 2.47 bits per heavy atom. The Hall–Kier alpha value is -0.590. The average molecular weight is 305 g/mol. The van der Waals surface area contributed by atoms with Crippen LogP contribution in [0.3, 0.4) is 0 Å². The summed E-state index contributed by atoms with van der Waals surface area (Å²) in [6, 6.07) is 3.39. The van der Waals surface area contributed by atoms with E-state index in [2.05, 4.69) is 4.99 Å². The number of halogens is 5. The van der Waals surface area contributed by atoms with Gasteiger partial charge in [0, 0.05) is 0 Å². The van der Waals surface area contributed by atoms with Gasteiger partial charge in [-0.1, -0.05) is 23.4 Å². The number of rotatable bonds is 1. The fraction of sp³-hybridized carbons (Fsp3) is 0.222. The van der Waals surface area contributed by atoms with Crippen LogP contribution in [0.2, 0.25) is 5.02 Å². The third-order valence-electron chi connectivity index (χ3n) is 1.70. The van der Waals surface area contributed by atoms with E-state index in [1.54, 1.807) is 6.26 Å². The summed E-state index contributed by atoms with van der Waals surface area (Å²) >= 11 is 6.60. The molecule has 2 N–H and O–H groups in total. The molecule has 0 atom stereocenters. The Kier molecular flexibility index (Phi) is 6.15. The summed E-state index contributed by atoms with van der Waals surface area (Å²) in [5.41, 5.74) is 4.62. The van der Waals surface area contributed by atoms with E-state index in [1.807, 2.05) is 0 Å². The second kappa shape index (κ2) is 6.37. The highest BCUT2D eigenvalue weighted by Crippen LogP contribution is 2.36. The largest absolute Gasteiger partial charge is 0.417 e. The molecule has 1 aromatic carbocycles. The van der Waals surface area contributed by atoms with Crippen LogP contribution in [0.25, 0.3) is 0 Å². The zero-order valence-corrected chi connectivity index (χ0v) is 11.0. The molecular weight excluding hydrogens is 296 g/mol. The lowest BCUT2D eigenvalue weighted by molar-refractivity contribution is -0.137. The van der Waals surface area contributed by atoms with Crippen LogP contribution < -0.4 is 5.73 Å². The van der Waals surface area contributed by atoms with Gasteiger partial charge in [0.15, 0.2) is 5.17 Å². The van der Waals surface area contributed by atoms with Crippen LogP contribution in [-0.2, 0) is 6.18 Å². The summed E-state index contributed by atoms with van der Waals surface area (Å²) < 4.78 is 37.4. The average Bonchev–Trinajstić information content (AvgIpc) is 2.19. The molecule has 1 aromatic rings. The van der Waals surface area contributed by atoms with Crippen molar-refractivity contribution in [1.29, 1.82) is 0 Å². The molecule has 0 bridgehead atoms. The first-order chi connectivity index (χ1) is 7.34. The maximum absolute atomic E-state index is 12.5. The Labute approximate surface area is 112 Å². The molecule has 96 valence electrons. The first kappa shape index (κ1) is 16.4. The van der Waals surface area contributed by atoms with Crippen LogP contribution in [0.4, 0.5) is 18.9 Å². The Morgan fingerprint density at radius 2 is 2.00 bits per heavy atom. The fourth-order valence-corrected chi connectivity index (χ4v) is 1.39. The number of nitrogens with two attached hydrogens (primary N) is 1. The first-order valence-electron chi connectivity index (χ1n) is 4.09. The number of benzene rings is 1. The van der Waals surface area contributed by atoms with Crippen LogP contribution >= 0.6 is 35.8 Å². The maximum atomic E-state index is 12.5. The highest BCUT2D eigenvalue weighted by molar-refractivity contribution is 8.13. The molecule has 0 unspecified atom stereocenters. The second-order valence-electron chi connectivity index (χ2n) is 2.82. The third kappa shape index (κ3) is 4.65. The van der Waals surface area contributed by atoms with Crippen molar-refractivity contribution < 1.29 is 13.2 Å². The van der Waals surface area contributed by atoms with Gasteiger partial charge < -0.3 is 5.73 Å². The molecule has 0 saturated heterocycles. The molecule has 2 nitrogen and oxygen atoms in total. The molecule has 0 aliphatic rings. The maximum Gasteiger partial charge on any atom is 0.417 e. The molecule has 0 aliphatic carbocycles. The van der Waals surface area contributed by atoms with Gasteiger partial charge in [0.1, 0.15) is 0 Å². The lowest BCUT2D eigenvalue weighted by Gasteiger charge is -2.09. The van der Waals surface area contributed by atoms with E-state index in [9.17, 15) is 13.2 Å². The van der Waals surface area contributed by atoms with Crippen molar-refractivity contribution >= 4 is 46.6 Å². The highest BCUT2D eigenvalue weighted by Gasteiger charge is 2.33. The van der Waals surface area contributed by atoms with Crippen molar-refractivity contribution in [3.63, 3.8) is 0 Å². The van der Waals surface area contributed by atoms with Crippen LogP contribution in [0.1, 0.15) is 5.56 Å². The third-order valence-corrected chi connectivity index (χ3v) is 2.54. The molecule has 0 aromatic heterocycles. The zero-order chi connectivity index (χ0) is 12.3. The number of nitrogens with zero attached hydrogens (tertiary/aromatic N) is 1. The van der Waals surface area contributed by atoms with Gasteiger partial charge in [-0.15, -0.1) is 12.4 Å². The van der Waals surface area contributed by atoms with Crippen LogP contribution in [0.5, 0.6) is 0 Å². The van der Waals surface area contributed by atoms with Gasteiger partial charge in [-0.05, 0) is 24.5 Å². The van der Waals surface area contributed by atoms with E-state index < -0.39 is 11.7 Å². The second-order valence-corrected chi connectivity index (χ2v) is 4.05. The molecule has 0 heterocycles. The summed E-state index contributed by atoms with van der Waals surface area (Å²) in [4.78, 5) is 3.79. The van der Waals surface area contributed by atoms with E-state index in [4.69, 9.17) is 17.3 Å². The summed E-state index contributed by atoms with van der Waals surface area (Å²) in [5.74, 6) is 0. The minimum Gasteiger partial charge on any atom is -0.378 e. The van der Waals surface area contributed by atoms with E-state index in [0.717, 1.165) is 23.9 Å². The summed E-state index contributed by atoms with van der Waals surface area (Å²) in [6.07, 6.45) is -2.81. The number of hydrogen-bond acceptors (Lipinski definition) is 2. The summed E-state index contributed by atoms with van der Waals surface area (Å²) in [5, 5.41) is -0.162. The number of thioether (sulfide) groups is 1. The minimum atomic E-state index is -4.49. The van der Waals surface area contributed by atoms with Crippen molar-refractivity contribution in [3.05, 3.63) is 28.8 Å². The van der Waals surface area contributed by atoms with Crippen molar-refractivity contribution in [1.82, 2.24) is 0 Å². The van der Waals surface area contributed by atoms with Crippen molar-refractivity contribution in [2.24, 2.45) is 10.7 Å². The van der Waals surface area contributed by atoms with Gasteiger partial charge in [-0.25, -0.2) is 4.99 Å². The van der Waals surface area contributed by atoms with Crippen molar-refractivity contribution in [3.8, 4) is 0 Å². The highest BCUT2D eigenvalue weighted by atomic mass is 35.5. The predicted octanol–water partition coefficient (Wildman–Crippen LogP) is 4.09. The Balaban J connectivity index is 0.00000256. The summed E-state index contributed by atoms with van der Waals surface area (Å²) in [7, 11) is 0. The number of amidine groups is 1. The van der Waals surface area contributed by atoms with E-state index >= 15 is 0 Å². The Morgan fingerprint density at radius 1 is 1.41 bits per heavy atom. The van der Waals surface area contributed by atoms with Crippen molar-refractivity contribution in [2.45, 2.75) is 6.18 Å². The fourth-order valence-electron chi connectivity index (χ4n) is 0.973. The molecule has 0 fully saturated rings. The van der Waals surface area contributed by atoms with Crippen LogP contribution in [0.15, 0.2) is 23.2 Å². The number of hydrogen-bond donors (Lipinski definition) is 1. The Bertz CT molecular complexity index is 421. The molecule has 0 radical (unpaired) electrons. The SMILES string of the molecule is CSC(N)=Nc1ccc(Cl)c(C(F)(F)F)c1.Cl. The van der Waals surface area contributed by atoms with Gasteiger partial charge in [-0.3, -0.25) is 0 Å². The van der Waals surface area contributed by atoms with Crippen LogP contribution in [-0.4, -0.2) is 11.4 Å². The van der Waals surface area contributed by atoms with E-state index in [-0.39, 0.29) is 28.3 Å². The molecule has 1 rings (SSSR count). The van der Waals surface area contributed by atoms with Gasteiger partial charge in [0.25, 0.3) is 0 Å². The van der Waals surface area contributed by atoms with Crippen molar-refractivity contribution in [2.75, 3.05) is 6.26 Å². The predicted molar refractivity (Wildman–Crippen MR) is 68.5 cm³/mol. The molecule has 0 saturated carbocycles. The number of alkyl halides is 3. The van der Waals surface area contributed by atoms with E-state index in [1.165, 1.54) is 6.07 Å². The smallest absolute Gasteiger partial charge is 0.378 e. The molecule has 8 heteroatoms. The lowest BCUT2D eigenvalue weighted by atomic mass is 10.2. The van der Waals surface area contributed by atoms with Crippen LogP contribution in [0, 0.1) is 0 Å². The standard InChI is InChI=1S/C9H8ClF3N2S.ClH/c1-16-8(14)15-5-2-3-7(10)6(4-5)9(11,12)13;/h2-4H,1H3,(H2,14,15);1H. The zero-order valence-electron chi connectivity index (χ0n) is 8.58. The number of aliphatic imine (C=N–C) groups is 1. The minimum absolute atomic E-state index is 0. The van der Waals surface area contributed by atoms with Gasteiger partial charge in [-0.2, -0.15) is 13.2 Å². The quantitative estimate of drug-likeness (QED) is 0.627. The molecule has 0 amide bonds. The lowest BCUT2D eigenvalue weighted by Crippen LogP contribution is -2.06. The van der Waals surface area contributed by atoms with Gasteiger partial charge >= 0.3 is 6.18 Å².